The molecule has 0 aromatic carbocycles. The Labute approximate surface area is 234 Å². The van der Waals surface area contributed by atoms with Crippen LogP contribution in [-0.4, -0.2) is 92.1 Å². The second kappa shape index (κ2) is 11.6. The molecule has 1 saturated heterocycles. The van der Waals surface area contributed by atoms with Crippen LogP contribution in [0.3, 0.4) is 0 Å². The zero-order chi connectivity index (χ0) is 27.5. The average Bonchev–Trinajstić information content (AvgIpc) is 3.69. The van der Waals surface area contributed by atoms with Gasteiger partial charge in [-0.3, -0.25) is 14.5 Å². The molecule has 1 saturated carbocycles. The number of carbonyl (C=O) groups excluding carboxylic acids is 2. The van der Waals surface area contributed by atoms with E-state index in [-0.39, 0.29) is 40.8 Å². The monoisotopic (exact) mass is 590 g/mol. The van der Waals surface area contributed by atoms with Gasteiger partial charge in [0.05, 0.1) is 0 Å². The van der Waals surface area contributed by atoms with Crippen LogP contribution in [0.4, 0.5) is 5.13 Å². The fraction of sp³-hybridized carbons (Fsp3) is 0.476. The number of fused-ring (bicyclic) bond motifs is 1. The van der Waals surface area contributed by atoms with E-state index in [1.54, 1.807) is 0 Å². The number of nitrogens with two attached hydrogens (primary N) is 1. The predicted octanol–water partition coefficient (Wildman–Crippen LogP) is -0.0658. The molecule has 3 aliphatic rings. The molecule has 0 radical (unpaired) electrons. The summed E-state index contributed by atoms with van der Waals surface area (Å²) in [7, 11) is 0. The van der Waals surface area contributed by atoms with Gasteiger partial charge in [-0.25, -0.2) is 9.48 Å². The number of terminal acetylenes is 1. The van der Waals surface area contributed by atoms with Crippen molar-refractivity contribution in [3.63, 3.8) is 0 Å². The highest BCUT2D eigenvalue weighted by molar-refractivity contribution is 8.01. The summed E-state index contributed by atoms with van der Waals surface area (Å²) < 4.78 is 5.48. The van der Waals surface area contributed by atoms with Crippen molar-refractivity contribution in [2.75, 3.05) is 17.2 Å². The van der Waals surface area contributed by atoms with Crippen molar-refractivity contribution in [3.8, 4) is 12.3 Å². The third kappa shape index (κ3) is 5.55. The third-order valence-electron chi connectivity index (χ3n) is 6.12. The van der Waals surface area contributed by atoms with Crippen LogP contribution in [0.2, 0.25) is 0 Å². The van der Waals surface area contributed by atoms with Crippen molar-refractivity contribution in [2.45, 2.75) is 54.9 Å². The van der Waals surface area contributed by atoms with Crippen LogP contribution in [0.1, 0.15) is 31.5 Å². The summed E-state index contributed by atoms with van der Waals surface area (Å²) >= 11 is 3.46. The molecule has 204 valence electrons. The summed E-state index contributed by atoms with van der Waals surface area (Å²) in [6.45, 7) is 0.170. The largest absolute Gasteiger partial charge is 0.477 e. The quantitative estimate of drug-likeness (QED) is 0.109. The Morgan fingerprint density at radius 2 is 2.15 bits per heavy atom. The van der Waals surface area contributed by atoms with E-state index in [1.165, 1.54) is 33.1 Å². The van der Waals surface area contributed by atoms with Gasteiger partial charge in [0.1, 0.15) is 29.8 Å². The Morgan fingerprint density at radius 3 is 2.85 bits per heavy atom. The fourth-order valence-corrected chi connectivity index (χ4v) is 7.07. The summed E-state index contributed by atoms with van der Waals surface area (Å²) in [4.78, 5) is 49.3. The number of hydrogen-bond donors (Lipinski definition) is 3. The molecule has 2 aromatic rings. The van der Waals surface area contributed by atoms with E-state index in [1.807, 2.05) is 0 Å². The number of aromatic nitrogens is 6. The van der Waals surface area contributed by atoms with Crippen molar-refractivity contribution < 1.29 is 24.3 Å². The lowest BCUT2D eigenvalue weighted by Crippen LogP contribution is -2.71. The van der Waals surface area contributed by atoms with Crippen molar-refractivity contribution in [1.29, 1.82) is 0 Å². The number of carboxylic acid groups (broad SMARTS) is 1. The molecule has 18 heteroatoms. The summed E-state index contributed by atoms with van der Waals surface area (Å²) in [5.74, 6) is 0.477. The first-order valence-corrected chi connectivity index (χ1v) is 14.5. The van der Waals surface area contributed by atoms with Crippen LogP contribution in [0.5, 0.6) is 0 Å². The minimum Gasteiger partial charge on any atom is -0.477 e. The van der Waals surface area contributed by atoms with E-state index in [2.05, 4.69) is 41.3 Å². The van der Waals surface area contributed by atoms with Crippen molar-refractivity contribution in [3.05, 3.63) is 17.1 Å². The van der Waals surface area contributed by atoms with Crippen molar-refractivity contribution >= 4 is 63.7 Å². The van der Waals surface area contributed by atoms with Crippen molar-refractivity contribution in [1.82, 2.24) is 39.8 Å². The van der Waals surface area contributed by atoms with E-state index >= 15 is 0 Å². The Kier molecular flexibility index (Phi) is 7.99. The zero-order valence-electron chi connectivity index (χ0n) is 20.2. The number of carbonyl (C=O) groups is 3. The normalized spacial score (nSPS) is 21.4. The molecule has 0 bridgehead atoms. The first-order chi connectivity index (χ1) is 18.9. The standard InChI is InChI=1S/C21H22N10O5S3/c1-2-7-30-21(25-28-29-30)38-9-10-8-37-18-13(17(33)31(18)14(10)19(34)35)23-16(32)12(15-24-20(22)39-27-15)26-36-11-5-3-4-6-11/h1,11,13,18H,3-9H2,(H,23,32)(H,34,35)(H2,22,24,27)/b26-12+. The highest BCUT2D eigenvalue weighted by Gasteiger charge is 2.54. The van der Waals surface area contributed by atoms with Crippen LogP contribution in [0.15, 0.2) is 21.6 Å². The zero-order valence-corrected chi connectivity index (χ0v) is 22.7. The Bertz CT molecular complexity index is 1390. The fourth-order valence-electron chi connectivity index (χ4n) is 4.28. The molecule has 2 amide bonds. The van der Waals surface area contributed by atoms with E-state index in [4.69, 9.17) is 17.0 Å². The molecule has 2 aromatic heterocycles. The number of tetrazole rings is 1. The van der Waals surface area contributed by atoms with Gasteiger partial charge in [-0.05, 0) is 41.7 Å². The van der Waals surface area contributed by atoms with E-state index in [0.29, 0.717) is 16.5 Å². The number of aliphatic carboxylic acids is 1. The predicted molar refractivity (Wildman–Crippen MR) is 141 cm³/mol. The minimum atomic E-state index is -1.24. The topological polar surface area (TPSA) is 204 Å². The minimum absolute atomic E-state index is 0.00877. The molecule has 4 N–H and O–H groups in total. The number of rotatable bonds is 10. The van der Waals surface area contributed by atoms with Gasteiger partial charge in [-0.15, -0.1) is 23.3 Å². The SMILES string of the molecule is C#CCn1nnnc1SCC1=C(C(=O)O)N2C(=O)C(NC(=O)/C(=N/OC3CCCC3)c3nsc(N)n3)C2SC1. The third-order valence-corrected chi connectivity index (χ3v) is 9.04. The number of anilines is 1. The summed E-state index contributed by atoms with van der Waals surface area (Å²) in [5.41, 5.74) is 5.90. The number of nitrogens with zero attached hydrogens (tertiary/aromatic N) is 8. The van der Waals surface area contributed by atoms with Gasteiger partial charge < -0.3 is 21.0 Å². The number of carboxylic acids is 1. The maximum atomic E-state index is 13.2. The van der Waals surface area contributed by atoms with Crippen LogP contribution < -0.4 is 11.1 Å². The molecule has 2 atom stereocenters. The number of hydrogen-bond acceptors (Lipinski definition) is 14. The maximum absolute atomic E-state index is 13.2. The lowest BCUT2D eigenvalue weighted by atomic mass is 10.0. The average molecular weight is 591 g/mol. The highest BCUT2D eigenvalue weighted by Crippen LogP contribution is 2.41. The van der Waals surface area contributed by atoms with Crippen LogP contribution in [0, 0.1) is 12.3 Å². The molecule has 5 rings (SSSR count). The molecule has 0 spiro atoms. The van der Waals surface area contributed by atoms with Crippen molar-refractivity contribution in [2.24, 2.45) is 5.16 Å². The molecular weight excluding hydrogens is 568 g/mol. The first-order valence-electron chi connectivity index (χ1n) is 11.7. The number of amides is 2. The number of thioether (sulfide) groups is 2. The van der Waals surface area contributed by atoms with Gasteiger partial charge in [0, 0.05) is 23.0 Å². The lowest BCUT2D eigenvalue weighted by Gasteiger charge is -2.49. The molecule has 2 aliphatic heterocycles. The Balaban J connectivity index is 1.30. The Morgan fingerprint density at radius 1 is 1.36 bits per heavy atom. The van der Waals surface area contributed by atoms with Gasteiger partial charge in [0.25, 0.3) is 11.8 Å². The van der Waals surface area contributed by atoms with Gasteiger partial charge in [-0.2, -0.15) is 9.36 Å². The number of β-lactam (4-membered cyclic amide) rings is 1. The summed E-state index contributed by atoms with van der Waals surface area (Å²) in [6.07, 6.45) is 8.88. The molecule has 39 heavy (non-hydrogen) atoms. The second-order valence-electron chi connectivity index (χ2n) is 8.64. The number of nitrogen functional groups attached to an aromatic ring is 1. The van der Waals surface area contributed by atoms with Crippen LogP contribution >= 0.6 is 35.1 Å². The molecule has 2 fully saturated rings. The molecule has 4 heterocycles. The van der Waals surface area contributed by atoms with Gasteiger partial charge in [0.15, 0.2) is 5.13 Å². The van der Waals surface area contributed by atoms with Gasteiger partial charge in [0.2, 0.25) is 16.7 Å². The molecule has 15 nitrogen and oxygen atoms in total. The van der Waals surface area contributed by atoms with Gasteiger partial charge >= 0.3 is 5.97 Å². The van der Waals surface area contributed by atoms with E-state index < -0.39 is 29.2 Å². The highest BCUT2D eigenvalue weighted by atomic mass is 32.2. The molecule has 2 unspecified atom stereocenters. The molecular formula is C21H22N10O5S3. The lowest BCUT2D eigenvalue weighted by molar-refractivity contribution is -0.150. The Hall–Kier alpha value is -3.69. The maximum Gasteiger partial charge on any atom is 0.352 e. The summed E-state index contributed by atoms with van der Waals surface area (Å²) in [5, 5.41) is 27.9. The molecule has 1 aliphatic carbocycles. The smallest absolute Gasteiger partial charge is 0.352 e. The van der Waals surface area contributed by atoms with Crippen LogP contribution in [0.25, 0.3) is 0 Å². The van der Waals surface area contributed by atoms with E-state index in [9.17, 15) is 19.5 Å². The number of oxime groups is 1. The van der Waals surface area contributed by atoms with Gasteiger partial charge in [-0.1, -0.05) is 22.8 Å². The second-order valence-corrected chi connectivity index (χ2v) is 11.5. The first kappa shape index (κ1) is 26.9. The van der Waals surface area contributed by atoms with Crippen LogP contribution in [-0.2, 0) is 25.8 Å². The van der Waals surface area contributed by atoms with E-state index in [0.717, 1.165) is 37.2 Å². The summed E-state index contributed by atoms with van der Waals surface area (Å²) in [6, 6.07) is -0.971. The number of nitrogens with one attached hydrogen (secondary N) is 1.